The third-order valence-electron chi connectivity index (χ3n) is 16.7. The van der Waals surface area contributed by atoms with Crippen molar-refractivity contribution < 1.29 is 38.4 Å². The monoisotopic (exact) mass is 1090 g/mol. The summed E-state index contributed by atoms with van der Waals surface area (Å²) in [4.78, 5) is 125. The Labute approximate surface area is 468 Å². The molecule has 0 radical (unpaired) electrons. The molecule has 1 unspecified atom stereocenters. The van der Waals surface area contributed by atoms with Gasteiger partial charge in [-0.15, -0.1) is 0 Å². The molecule has 5 aliphatic rings. The van der Waals surface area contributed by atoms with E-state index >= 15 is 0 Å². The molecule has 5 saturated heterocycles. The topological polar surface area (TPSA) is 228 Å². The summed E-state index contributed by atoms with van der Waals surface area (Å²) in [5, 5.41) is 18.1. The van der Waals surface area contributed by atoms with E-state index < -0.39 is 72.0 Å². The van der Waals surface area contributed by atoms with Crippen LogP contribution < -0.4 is 31.9 Å². The number of likely N-dealkylation sites (N-methyl/N-ethyl adjacent to an activating group) is 2. The quantitative estimate of drug-likeness (QED) is 0.108. The fourth-order valence-electron chi connectivity index (χ4n) is 11.9. The largest absolute Gasteiger partial charge is 0.343 e. The second kappa shape index (κ2) is 26.0. The minimum absolute atomic E-state index is 0.129. The Kier molecular flexibility index (Phi) is 18.5. The maximum Gasteiger partial charge on any atom is 0.320 e. The van der Waals surface area contributed by atoms with Crippen LogP contribution in [0.25, 0.3) is 0 Å². The molecule has 424 valence electrons. The van der Waals surface area contributed by atoms with Crippen LogP contribution >= 0.6 is 0 Å². The average Bonchev–Trinajstić information content (AvgIpc) is 4.15. The normalized spacial score (nSPS) is 23.2. The molecule has 5 heterocycles. The van der Waals surface area contributed by atoms with Gasteiger partial charge in [0.2, 0.25) is 35.4 Å². The Balaban J connectivity index is 0.863. The van der Waals surface area contributed by atoms with Crippen molar-refractivity contribution in [2.24, 2.45) is 0 Å². The molecular weight excluding hydrogens is 1020 g/mol. The zero-order chi connectivity index (χ0) is 56.5. The van der Waals surface area contributed by atoms with Gasteiger partial charge in [-0.25, -0.2) is 9.59 Å². The summed E-state index contributed by atoms with van der Waals surface area (Å²) in [7, 11) is 3.28. The van der Waals surface area contributed by atoms with Crippen LogP contribution in [0.15, 0.2) is 121 Å². The highest BCUT2D eigenvalue weighted by Gasteiger charge is 2.49. The highest BCUT2D eigenvalue weighted by atomic mass is 16.2. The second-order valence-electron chi connectivity index (χ2n) is 21.7. The summed E-state index contributed by atoms with van der Waals surface area (Å²) in [6.07, 6.45) is 2.70. The molecule has 9 rings (SSSR count). The van der Waals surface area contributed by atoms with Gasteiger partial charge < -0.3 is 61.3 Å². The van der Waals surface area contributed by atoms with E-state index in [9.17, 15) is 38.4 Å². The van der Waals surface area contributed by atoms with E-state index in [1.165, 1.54) is 0 Å². The molecule has 4 aromatic rings. The van der Waals surface area contributed by atoms with Gasteiger partial charge in [0, 0.05) is 51.4 Å². The third kappa shape index (κ3) is 12.8. The van der Waals surface area contributed by atoms with Gasteiger partial charge in [0.25, 0.3) is 0 Å². The van der Waals surface area contributed by atoms with Gasteiger partial charge in [-0.2, -0.15) is 0 Å². The molecule has 5 fully saturated rings. The molecular formula is C60H76N12O8. The first-order valence-electron chi connectivity index (χ1n) is 28.2. The molecule has 80 heavy (non-hydrogen) atoms. The maximum atomic E-state index is 14.9. The first kappa shape index (κ1) is 56.9. The second-order valence-corrected chi connectivity index (χ2v) is 21.7. The molecule has 10 amide bonds. The number of urea groups is 2. The fraction of sp³-hybridized carbons (Fsp3) is 0.467. The van der Waals surface area contributed by atoms with Crippen molar-refractivity contribution in [1.82, 2.24) is 61.3 Å². The summed E-state index contributed by atoms with van der Waals surface area (Å²) in [5.74, 6) is -2.33. The number of benzene rings is 4. The lowest BCUT2D eigenvalue weighted by molar-refractivity contribution is -0.145. The summed E-state index contributed by atoms with van der Waals surface area (Å²) >= 11 is 0. The van der Waals surface area contributed by atoms with Crippen LogP contribution in [-0.2, 0) is 28.8 Å². The Morgan fingerprint density at radius 1 is 0.425 bits per heavy atom. The lowest BCUT2D eigenvalue weighted by atomic mass is 9.98. The van der Waals surface area contributed by atoms with E-state index in [4.69, 9.17) is 0 Å². The summed E-state index contributed by atoms with van der Waals surface area (Å²) in [6.45, 7) is 4.32. The molecule has 0 spiro atoms. The fourth-order valence-corrected chi connectivity index (χ4v) is 11.9. The summed E-state index contributed by atoms with van der Waals surface area (Å²) < 4.78 is 0. The van der Waals surface area contributed by atoms with Crippen LogP contribution in [0.3, 0.4) is 0 Å². The number of nitrogens with one attached hydrogen (secondary N) is 6. The highest BCUT2D eigenvalue weighted by Crippen LogP contribution is 2.34. The smallest absolute Gasteiger partial charge is 0.320 e. The molecule has 4 aromatic carbocycles. The lowest BCUT2D eigenvalue weighted by Gasteiger charge is -2.43. The number of carbonyl (C=O) groups excluding carboxylic acids is 8. The molecule has 0 bridgehead atoms. The van der Waals surface area contributed by atoms with E-state index in [1.807, 2.05) is 121 Å². The van der Waals surface area contributed by atoms with Gasteiger partial charge in [-0.05, 0) is 88.7 Å². The average molecular weight is 1090 g/mol. The standard InChI is InChI=1S/C60H76N12O8/c1-39(61-3)53(73)63-47-37-69(31-29-45-25-27-49(71(45)57(47)77)55(75)65-51(41-17-9-5-10-18-41)42-19-11-6-12-20-42)59(79)67-33-35-68(36-34-67)60(80)70-32-30-46-26-28-50(72(46)58(78)48(38-70)64-54(74)40(2)62-4)56(76)66-52(43-21-13-7-14-22-43)44-23-15-8-16-24-44/h5-24,39-40,45-52,61-62H,25-38H2,1-4H3,(H,63,73)(H,64,74)(H,65,75)(H,66,76)/t39-,40-,45+,46+,47-,48-,49-,50?/m0/s1. The Bertz CT molecular complexity index is 2550. The van der Waals surface area contributed by atoms with Crippen molar-refractivity contribution in [1.29, 1.82) is 0 Å². The number of nitrogens with zero attached hydrogens (tertiary/aromatic N) is 6. The predicted octanol–water partition coefficient (Wildman–Crippen LogP) is 2.97. The minimum atomic E-state index is -1.15. The van der Waals surface area contributed by atoms with Crippen molar-refractivity contribution >= 4 is 47.5 Å². The van der Waals surface area contributed by atoms with Gasteiger partial charge in [0.1, 0.15) is 24.2 Å². The first-order chi connectivity index (χ1) is 38.7. The number of carbonyl (C=O) groups is 8. The van der Waals surface area contributed by atoms with Crippen molar-refractivity contribution in [3.05, 3.63) is 144 Å². The van der Waals surface area contributed by atoms with Crippen molar-refractivity contribution in [3.8, 4) is 0 Å². The zero-order valence-corrected chi connectivity index (χ0v) is 46.2. The minimum Gasteiger partial charge on any atom is -0.343 e. The summed E-state index contributed by atoms with van der Waals surface area (Å²) in [6, 6.07) is 31.1. The van der Waals surface area contributed by atoms with Crippen LogP contribution in [0.2, 0.25) is 0 Å². The first-order valence-corrected chi connectivity index (χ1v) is 28.2. The number of rotatable bonds is 14. The van der Waals surface area contributed by atoms with Gasteiger partial charge in [0.05, 0.1) is 37.3 Å². The Morgan fingerprint density at radius 3 is 1.04 bits per heavy atom. The van der Waals surface area contributed by atoms with E-state index in [2.05, 4.69) is 31.9 Å². The number of hydrogen-bond acceptors (Lipinski definition) is 10. The maximum absolute atomic E-state index is 14.9. The molecule has 20 heteroatoms. The van der Waals surface area contributed by atoms with E-state index in [0.29, 0.717) is 38.5 Å². The van der Waals surface area contributed by atoms with Crippen LogP contribution in [0, 0.1) is 0 Å². The number of hydrogen-bond donors (Lipinski definition) is 6. The van der Waals surface area contributed by atoms with Crippen LogP contribution in [0.5, 0.6) is 0 Å². The van der Waals surface area contributed by atoms with Gasteiger partial charge in [-0.3, -0.25) is 28.8 Å². The zero-order valence-electron chi connectivity index (χ0n) is 46.2. The third-order valence-corrected chi connectivity index (χ3v) is 16.7. The van der Waals surface area contributed by atoms with Crippen LogP contribution in [-0.4, -0.2) is 192 Å². The summed E-state index contributed by atoms with van der Waals surface area (Å²) in [5.41, 5.74) is 3.57. The Morgan fingerprint density at radius 2 is 0.738 bits per heavy atom. The number of fused-ring (bicyclic) bond motifs is 2. The van der Waals surface area contributed by atoms with Crippen molar-refractivity contribution in [3.63, 3.8) is 0 Å². The molecule has 6 N–H and O–H groups in total. The molecule has 0 aromatic heterocycles. The number of amides is 10. The molecule has 8 atom stereocenters. The molecule has 20 nitrogen and oxygen atoms in total. The molecule has 5 aliphatic heterocycles. The van der Waals surface area contributed by atoms with E-state index in [1.54, 1.807) is 57.3 Å². The molecule has 0 aliphatic carbocycles. The predicted molar refractivity (Wildman–Crippen MR) is 300 cm³/mol. The van der Waals surface area contributed by atoms with E-state index in [0.717, 1.165) is 22.3 Å². The van der Waals surface area contributed by atoms with Crippen LogP contribution in [0.4, 0.5) is 9.59 Å². The highest BCUT2D eigenvalue weighted by molar-refractivity contribution is 5.96. The lowest BCUT2D eigenvalue weighted by Crippen LogP contribution is -2.64. The van der Waals surface area contributed by atoms with Crippen molar-refractivity contribution in [2.45, 2.75) is 113 Å². The Hall–Kier alpha value is -7.84. The van der Waals surface area contributed by atoms with Crippen LogP contribution in [0.1, 0.15) is 86.7 Å². The molecule has 0 saturated carbocycles. The van der Waals surface area contributed by atoms with E-state index in [-0.39, 0.29) is 88.3 Å². The number of piperazine rings is 1. The van der Waals surface area contributed by atoms with Gasteiger partial charge in [0.15, 0.2) is 0 Å². The van der Waals surface area contributed by atoms with Gasteiger partial charge in [-0.1, -0.05) is 121 Å². The van der Waals surface area contributed by atoms with Gasteiger partial charge >= 0.3 is 12.1 Å². The SMILES string of the molecule is CN[C@@H](C)C(=O)N[C@H]1CN(C(=O)N2CCN(C(=O)N3CC[C@H]4CC[C@@H](C(=O)NC(c5ccccc5)c5ccccc5)N4C(=O)[C@@H](NC(=O)[C@H](C)NC)C3)CC2)CC[C@H]2CCC(C(=O)NC(c3ccccc3)c3ccccc3)N2C1=O. The van der Waals surface area contributed by atoms with Crippen molar-refractivity contribution in [2.75, 3.05) is 66.5 Å².